The zero-order chi connectivity index (χ0) is 19.3. The first kappa shape index (κ1) is 18.4. The van der Waals surface area contributed by atoms with E-state index in [1.54, 1.807) is 7.11 Å². The summed E-state index contributed by atoms with van der Waals surface area (Å²) in [7, 11) is 1.65. The third kappa shape index (κ3) is 4.12. The number of nitrogens with zero attached hydrogens (tertiary/aromatic N) is 2. The van der Waals surface area contributed by atoms with Crippen LogP contribution in [0.25, 0.3) is 11.0 Å². The van der Waals surface area contributed by atoms with Crippen molar-refractivity contribution >= 4 is 22.6 Å². The normalized spacial score (nSPS) is 10.9. The molecule has 142 valence electrons. The SMILES string of the molecule is COc1cccc(OCCn2c(Cc3ccc(Cl)cc3)nc3ccccc32)c1. The maximum Gasteiger partial charge on any atom is 0.123 e. The average molecular weight is 393 g/mol. The second kappa shape index (κ2) is 8.36. The van der Waals surface area contributed by atoms with Crippen LogP contribution < -0.4 is 9.47 Å². The molecule has 0 aliphatic rings. The second-order valence-electron chi connectivity index (χ2n) is 6.50. The van der Waals surface area contributed by atoms with Gasteiger partial charge in [-0.1, -0.05) is 41.9 Å². The van der Waals surface area contributed by atoms with Crippen LogP contribution in [0.4, 0.5) is 0 Å². The van der Waals surface area contributed by atoms with Crippen LogP contribution >= 0.6 is 11.6 Å². The monoisotopic (exact) mass is 392 g/mol. The average Bonchev–Trinajstić information content (AvgIpc) is 3.07. The number of methoxy groups -OCH3 is 1. The summed E-state index contributed by atoms with van der Waals surface area (Å²) in [6.07, 6.45) is 0.741. The zero-order valence-corrected chi connectivity index (χ0v) is 16.4. The molecule has 0 aliphatic carbocycles. The lowest BCUT2D eigenvalue weighted by Gasteiger charge is -2.12. The van der Waals surface area contributed by atoms with Gasteiger partial charge in [-0.15, -0.1) is 0 Å². The highest BCUT2D eigenvalue weighted by Gasteiger charge is 2.11. The van der Waals surface area contributed by atoms with Crippen molar-refractivity contribution in [1.82, 2.24) is 9.55 Å². The summed E-state index contributed by atoms with van der Waals surface area (Å²) in [5, 5.41) is 0.740. The molecule has 0 unspecified atom stereocenters. The van der Waals surface area contributed by atoms with Gasteiger partial charge in [0.2, 0.25) is 0 Å². The van der Waals surface area contributed by atoms with Gasteiger partial charge in [-0.05, 0) is 42.0 Å². The van der Waals surface area contributed by atoms with Gasteiger partial charge in [-0.25, -0.2) is 4.98 Å². The fourth-order valence-corrected chi connectivity index (χ4v) is 3.37. The molecule has 3 aromatic carbocycles. The number of hydrogen-bond acceptors (Lipinski definition) is 3. The van der Waals surface area contributed by atoms with Crippen molar-refractivity contribution in [3.63, 3.8) is 0 Å². The Morgan fingerprint density at radius 2 is 1.71 bits per heavy atom. The van der Waals surface area contributed by atoms with E-state index < -0.39 is 0 Å². The molecule has 0 bridgehead atoms. The molecule has 1 aromatic heterocycles. The highest BCUT2D eigenvalue weighted by molar-refractivity contribution is 6.30. The summed E-state index contributed by atoms with van der Waals surface area (Å²) in [4.78, 5) is 4.84. The van der Waals surface area contributed by atoms with Gasteiger partial charge in [0.15, 0.2) is 0 Å². The predicted molar refractivity (Wildman–Crippen MR) is 112 cm³/mol. The molecule has 28 heavy (non-hydrogen) atoms. The van der Waals surface area contributed by atoms with E-state index in [9.17, 15) is 0 Å². The van der Waals surface area contributed by atoms with Crippen LogP contribution in [0, 0.1) is 0 Å². The van der Waals surface area contributed by atoms with Crippen molar-refractivity contribution in [2.45, 2.75) is 13.0 Å². The van der Waals surface area contributed by atoms with Gasteiger partial charge in [0.05, 0.1) is 24.7 Å². The summed E-state index contributed by atoms with van der Waals surface area (Å²) in [6, 6.07) is 23.7. The van der Waals surface area contributed by atoms with E-state index in [2.05, 4.69) is 10.6 Å². The highest BCUT2D eigenvalue weighted by atomic mass is 35.5. The van der Waals surface area contributed by atoms with Crippen molar-refractivity contribution in [1.29, 1.82) is 0 Å². The van der Waals surface area contributed by atoms with Gasteiger partial charge in [-0.2, -0.15) is 0 Å². The van der Waals surface area contributed by atoms with Gasteiger partial charge in [0.1, 0.15) is 23.9 Å². The molecule has 0 spiro atoms. The quantitative estimate of drug-likeness (QED) is 0.424. The molecule has 0 saturated carbocycles. The maximum absolute atomic E-state index is 6.01. The van der Waals surface area contributed by atoms with Crippen LogP contribution in [0.5, 0.6) is 11.5 Å². The first-order chi connectivity index (χ1) is 13.7. The van der Waals surface area contributed by atoms with Gasteiger partial charge < -0.3 is 14.0 Å². The minimum atomic E-state index is 0.543. The number of hydrogen-bond donors (Lipinski definition) is 0. The molecule has 0 saturated heterocycles. The van der Waals surface area contributed by atoms with Gasteiger partial charge >= 0.3 is 0 Å². The summed E-state index contributed by atoms with van der Waals surface area (Å²) < 4.78 is 13.4. The Bertz CT molecular complexity index is 1070. The zero-order valence-electron chi connectivity index (χ0n) is 15.6. The summed E-state index contributed by atoms with van der Waals surface area (Å²) in [6.45, 7) is 1.25. The van der Waals surface area contributed by atoms with Crippen LogP contribution in [0.2, 0.25) is 5.02 Å². The lowest BCUT2D eigenvalue weighted by atomic mass is 10.1. The number of fused-ring (bicyclic) bond motifs is 1. The van der Waals surface area contributed by atoms with E-state index in [4.69, 9.17) is 26.1 Å². The molecule has 4 aromatic rings. The first-order valence-corrected chi connectivity index (χ1v) is 9.56. The summed E-state index contributed by atoms with van der Waals surface area (Å²) >= 11 is 6.01. The van der Waals surface area contributed by atoms with Crippen molar-refractivity contribution in [3.8, 4) is 11.5 Å². The number of benzene rings is 3. The van der Waals surface area contributed by atoms with Crippen molar-refractivity contribution in [3.05, 3.63) is 89.2 Å². The maximum atomic E-state index is 6.01. The molecular formula is C23H21ClN2O2. The Labute approximate surface area is 169 Å². The minimum absolute atomic E-state index is 0.543. The van der Waals surface area contributed by atoms with Gasteiger partial charge in [0, 0.05) is 17.5 Å². The molecule has 0 amide bonds. The third-order valence-corrected chi connectivity index (χ3v) is 4.89. The summed E-state index contributed by atoms with van der Waals surface area (Å²) in [5.74, 6) is 2.59. The Morgan fingerprint density at radius 1 is 0.929 bits per heavy atom. The molecule has 1 heterocycles. The first-order valence-electron chi connectivity index (χ1n) is 9.18. The Hall–Kier alpha value is -2.98. The number of para-hydroxylation sites is 2. The van der Waals surface area contributed by atoms with Crippen LogP contribution in [0.15, 0.2) is 72.8 Å². The smallest absolute Gasteiger partial charge is 0.123 e. The van der Waals surface area contributed by atoms with E-state index >= 15 is 0 Å². The molecular weight excluding hydrogens is 372 g/mol. The van der Waals surface area contributed by atoms with Crippen LogP contribution in [0.1, 0.15) is 11.4 Å². The van der Waals surface area contributed by atoms with Crippen LogP contribution in [-0.4, -0.2) is 23.3 Å². The molecule has 5 heteroatoms. The number of halogens is 1. The molecule has 0 N–H and O–H groups in total. The fraction of sp³-hybridized carbons (Fsp3) is 0.174. The largest absolute Gasteiger partial charge is 0.497 e. The molecule has 0 atom stereocenters. The lowest BCUT2D eigenvalue weighted by molar-refractivity contribution is 0.296. The van der Waals surface area contributed by atoms with E-state index in [0.717, 1.165) is 39.8 Å². The van der Waals surface area contributed by atoms with Crippen molar-refractivity contribution < 1.29 is 9.47 Å². The lowest BCUT2D eigenvalue weighted by Crippen LogP contribution is -2.11. The van der Waals surface area contributed by atoms with E-state index in [-0.39, 0.29) is 0 Å². The third-order valence-electron chi connectivity index (χ3n) is 4.63. The molecule has 0 fully saturated rings. The van der Waals surface area contributed by atoms with Gasteiger partial charge in [0.25, 0.3) is 0 Å². The Morgan fingerprint density at radius 3 is 2.54 bits per heavy atom. The van der Waals surface area contributed by atoms with Crippen LogP contribution in [-0.2, 0) is 13.0 Å². The Balaban J connectivity index is 1.55. The van der Waals surface area contributed by atoms with Gasteiger partial charge in [-0.3, -0.25) is 0 Å². The van der Waals surface area contributed by atoms with E-state index in [1.165, 1.54) is 5.56 Å². The Kier molecular flexibility index (Phi) is 5.49. The fourth-order valence-electron chi connectivity index (χ4n) is 3.24. The predicted octanol–water partition coefficient (Wildman–Crippen LogP) is 5.37. The molecule has 4 nitrogen and oxygen atoms in total. The number of aromatic nitrogens is 2. The van der Waals surface area contributed by atoms with Crippen molar-refractivity contribution in [2.24, 2.45) is 0 Å². The van der Waals surface area contributed by atoms with Crippen molar-refractivity contribution in [2.75, 3.05) is 13.7 Å². The number of rotatable bonds is 7. The van der Waals surface area contributed by atoms with E-state index in [0.29, 0.717) is 13.2 Å². The minimum Gasteiger partial charge on any atom is -0.497 e. The molecule has 0 aliphatic heterocycles. The van der Waals surface area contributed by atoms with E-state index in [1.807, 2.05) is 66.7 Å². The second-order valence-corrected chi connectivity index (χ2v) is 6.94. The molecule has 0 radical (unpaired) electrons. The standard InChI is InChI=1S/C23H21ClN2O2/c1-27-19-5-4-6-20(16-19)28-14-13-26-22-8-3-2-7-21(22)25-23(26)15-17-9-11-18(24)12-10-17/h2-12,16H,13-15H2,1H3. The number of ether oxygens (including phenoxy) is 2. The number of imidazole rings is 1. The molecule has 4 rings (SSSR count). The summed E-state index contributed by atoms with van der Waals surface area (Å²) in [5.41, 5.74) is 3.28. The topological polar surface area (TPSA) is 36.3 Å². The highest BCUT2D eigenvalue weighted by Crippen LogP contribution is 2.21. The van der Waals surface area contributed by atoms with Crippen LogP contribution in [0.3, 0.4) is 0 Å².